The fourth-order valence-electron chi connectivity index (χ4n) is 2.66. The van der Waals surface area contributed by atoms with E-state index in [4.69, 9.17) is 5.73 Å². The molecule has 4 rings (SSSR count). The Balaban J connectivity index is 1.49. The quantitative estimate of drug-likeness (QED) is 0.565. The maximum Gasteiger partial charge on any atom is 0.261 e. The highest BCUT2D eigenvalue weighted by atomic mass is 32.1. The number of thiophene rings is 1. The fourth-order valence-corrected chi connectivity index (χ4v) is 3.49. The highest BCUT2D eigenvalue weighted by Crippen LogP contribution is 2.26. The van der Waals surface area contributed by atoms with E-state index in [-0.39, 0.29) is 18.4 Å². The number of pyridine rings is 1. The Bertz CT molecular complexity index is 1130. The number of nitrogens with zero attached hydrogens (tertiary/aromatic N) is 3. The first-order chi connectivity index (χ1) is 13.0. The van der Waals surface area contributed by atoms with Crippen LogP contribution in [0.3, 0.4) is 0 Å². The molecule has 0 spiro atoms. The number of hydrogen-bond acceptors (Lipinski definition) is 5. The fraction of sp³-hybridized carbons (Fsp3) is 0.0556. The first kappa shape index (κ1) is 17.1. The van der Waals surface area contributed by atoms with Gasteiger partial charge in [0, 0.05) is 24.4 Å². The van der Waals surface area contributed by atoms with Gasteiger partial charge in [0.05, 0.1) is 4.88 Å². The van der Waals surface area contributed by atoms with Crippen LogP contribution in [0.25, 0.3) is 16.8 Å². The van der Waals surface area contributed by atoms with E-state index in [9.17, 15) is 13.6 Å². The molecule has 0 saturated heterocycles. The molecular weight excluding hydrogens is 372 g/mol. The summed E-state index contributed by atoms with van der Waals surface area (Å²) in [5, 5.41) is 8.57. The highest BCUT2D eigenvalue weighted by molar-refractivity contribution is 7.12. The first-order valence-corrected chi connectivity index (χ1v) is 8.80. The van der Waals surface area contributed by atoms with Gasteiger partial charge in [-0.3, -0.25) is 4.79 Å². The zero-order chi connectivity index (χ0) is 19.0. The van der Waals surface area contributed by atoms with E-state index in [1.54, 1.807) is 22.8 Å². The zero-order valence-corrected chi connectivity index (χ0v) is 14.6. The second-order valence-electron chi connectivity index (χ2n) is 5.85. The van der Waals surface area contributed by atoms with Gasteiger partial charge in [0.2, 0.25) is 5.95 Å². The molecule has 0 aliphatic heterocycles. The van der Waals surface area contributed by atoms with Crippen molar-refractivity contribution in [3.05, 3.63) is 70.1 Å². The van der Waals surface area contributed by atoms with Crippen molar-refractivity contribution in [2.45, 2.75) is 6.54 Å². The Hall–Kier alpha value is -3.33. The van der Waals surface area contributed by atoms with Crippen molar-refractivity contribution in [2.75, 3.05) is 5.73 Å². The molecule has 6 nitrogen and oxygen atoms in total. The van der Waals surface area contributed by atoms with Crippen LogP contribution < -0.4 is 11.1 Å². The number of rotatable bonds is 4. The van der Waals surface area contributed by atoms with Crippen molar-refractivity contribution in [1.82, 2.24) is 19.9 Å². The van der Waals surface area contributed by atoms with Gasteiger partial charge < -0.3 is 11.1 Å². The first-order valence-electron chi connectivity index (χ1n) is 7.92. The molecule has 0 atom stereocenters. The third-order valence-corrected chi connectivity index (χ3v) is 4.81. The van der Waals surface area contributed by atoms with E-state index >= 15 is 0 Å². The average molecular weight is 385 g/mol. The van der Waals surface area contributed by atoms with Crippen molar-refractivity contribution in [3.63, 3.8) is 0 Å². The molecule has 3 heterocycles. The molecule has 1 amide bonds. The second-order valence-corrected chi connectivity index (χ2v) is 6.76. The summed E-state index contributed by atoms with van der Waals surface area (Å²) in [6.45, 7) is 0.0327. The van der Waals surface area contributed by atoms with Crippen LogP contribution >= 0.6 is 11.3 Å². The number of nitrogen functional groups attached to an aromatic ring is 1. The van der Waals surface area contributed by atoms with Crippen molar-refractivity contribution in [3.8, 4) is 11.1 Å². The minimum atomic E-state index is -0.679. The number of aromatic nitrogens is 3. The largest absolute Gasteiger partial charge is 0.366 e. The predicted molar refractivity (Wildman–Crippen MR) is 98.2 cm³/mol. The maximum absolute atomic E-state index is 13.2. The van der Waals surface area contributed by atoms with E-state index in [1.165, 1.54) is 23.5 Å². The summed E-state index contributed by atoms with van der Waals surface area (Å²) in [4.78, 5) is 16.9. The van der Waals surface area contributed by atoms with Crippen molar-refractivity contribution in [2.24, 2.45) is 0 Å². The highest BCUT2D eigenvalue weighted by Gasteiger charge is 2.12. The Morgan fingerprint density at radius 3 is 2.70 bits per heavy atom. The maximum atomic E-state index is 13.2. The van der Waals surface area contributed by atoms with Gasteiger partial charge in [0.15, 0.2) is 5.65 Å². The number of anilines is 1. The Kier molecular flexibility index (Phi) is 4.28. The lowest BCUT2D eigenvalue weighted by molar-refractivity contribution is 0.0955. The Morgan fingerprint density at radius 2 is 1.93 bits per heavy atom. The van der Waals surface area contributed by atoms with Crippen molar-refractivity contribution >= 4 is 28.8 Å². The smallest absolute Gasteiger partial charge is 0.261 e. The van der Waals surface area contributed by atoms with Crippen LogP contribution in [0.5, 0.6) is 0 Å². The van der Waals surface area contributed by atoms with Crippen LogP contribution in [-0.2, 0) is 6.54 Å². The van der Waals surface area contributed by atoms with E-state index in [2.05, 4.69) is 15.4 Å². The number of carbonyl (C=O) groups excluding carboxylic acids is 1. The van der Waals surface area contributed by atoms with Crippen LogP contribution in [0.15, 0.2) is 48.0 Å². The molecule has 136 valence electrons. The summed E-state index contributed by atoms with van der Waals surface area (Å²) >= 11 is 1.27. The molecule has 27 heavy (non-hydrogen) atoms. The number of hydrogen-bond donors (Lipinski definition) is 2. The van der Waals surface area contributed by atoms with Crippen molar-refractivity contribution in [1.29, 1.82) is 0 Å². The number of fused-ring (bicyclic) bond motifs is 1. The third kappa shape index (κ3) is 3.63. The summed E-state index contributed by atoms with van der Waals surface area (Å²) in [6.07, 6.45) is 1.78. The van der Waals surface area contributed by atoms with Crippen LogP contribution in [0, 0.1) is 11.6 Å². The summed E-state index contributed by atoms with van der Waals surface area (Å²) in [6, 6.07) is 8.55. The van der Waals surface area contributed by atoms with Crippen LogP contribution in [-0.4, -0.2) is 20.5 Å². The number of carbonyl (C=O) groups is 1. The molecule has 0 bridgehead atoms. The van der Waals surface area contributed by atoms with Gasteiger partial charge in [0.25, 0.3) is 5.91 Å². The number of amides is 1. The monoisotopic (exact) mass is 385 g/mol. The number of nitrogens with two attached hydrogens (primary N) is 1. The molecule has 4 aromatic rings. The van der Waals surface area contributed by atoms with E-state index < -0.39 is 11.6 Å². The van der Waals surface area contributed by atoms with Gasteiger partial charge in [-0.2, -0.15) is 4.98 Å². The standard InChI is InChI=1S/C18H13F2N5OS/c19-13-3-10(4-14(20)6-13)7-22-17(26)15-5-12(9-27-15)11-1-2-16-23-18(21)24-25(16)8-11/h1-6,8-9H,7H2,(H2,21,24)(H,22,26). The summed E-state index contributed by atoms with van der Waals surface area (Å²) in [5.41, 5.74) is 8.27. The molecule has 0 aliphatic rings. The number of nitrogens with one attached hydrogen (secondary N) is 1. The van der Waals surface area contributed by atoms with Gasteiger partial charge in [-0.15, -0.1) is 16.4 Å². The van der Waals surface area contributed by atoms with E-state index in [0.29, 0.717) is 16.1 Å². The molecule has 0 aliphatic carbocycles. The second kappa shape index (κ2) is 6.76. The van der Waals surface area contributed by atoms with Crippen LogP contribution in [0.2, 0.25) is 0 Å². The lowest BCUT2D eigenvalue weighted by Crippen LogP contribution is -2.21. The Morgan fingerprint density at radius 1 is 1.15 bits per heavy atom. The molecule has 3 aromatic heterocycles. The lowest BCUT2D eigenvalue weighted by Gasteiger charge is -2.04. The topological polar surface area (TPSA) is 85.3 Å². The van der Waals surface area contributed by atoms with Gasteiger partial charge in [0.1, 0.15) is 11.6 Å². The molecule has 0 fully saturated rings. The van der Waals surface area contributed by atoms with E-state index in [0.717, 1.165) is 17.2 Å². The van der Waals surface area contributed by atoms with E-state index in [1.807, 2.05) is 11.4 Å². The van der Waals surface area contributed by atoms with Gasteiger partial charge in [-0.05, 0) is 46.8 Å². The molecule has 0 unspecified atom stereocenters. The normalized spacial score (nSPS) is 11.0. The lowest BCUT2D eigenvalue weighted by atomic mass is 10.1. The summed E-state index contributed by atoms with van der Waals surface area (Å²) in [5.74, 6) is -1.49. The molecule has 3 N–H and O–H groups in total. The third-order valence-electron chi connectivity index (χ3n) is 3.88. The minimum absolute atomic E-state index is 0.0327. The summed E-state index contributed by atoms with van der Waals surface area (Å²) in [7, 11) is 0. The van der Waals surface area contributed by atoms with Crippen LogP contribution in [0.4, 0.5) is 14.7 Å². The molecule has 0 radical (unpaired) electrons. The molecule has 0 saturated carbocycles. The van der Waals surface area contributed by atoms with Gasteiger partial charge in [-0.25, -0.2) is 13.3 Å². The molecule has 1 aromatic carbocycles. The van der Waals surface area contributed by atoms with Crippen LogP contribution in [0.1, 0.15) is 15.2 Å². The molecule has 9 heteroatoms. The Labute approximate surface area is 156 Å². The van der Waals surface area contributed by atoms with Crippen molar-refractivity contribution < 1.29 is 13.6 Å². The number of benzene rings is 1. The average Bonchev–Trinajstić information content (AvgIpc) is 3.24. The SMILES string of the molecule is Nc1nc2ccc(-c3csc(C(=O)NCc4cc(F)cc(F)c4)c3)cn2n1. The minimum Gasteiger partial charge on any atom is -0.366 e. The van der Waals surface area contributed by atoms with Gasteiger partial charge >= 0.3 is 0 Å². The zero-order valence-electron chi connectivity index (χ0n) is 13.8. The van der Waals surface area contributed by atoms with Gasteiger partial charge in [-0.1, -0.05) is 0 Å². The number of halogens is 2. The molecular formula is C18H13F2N5OS. The summed E-state index contributed by atoms with van der Waals surface area (Å²) < 4.78 is 28.0. The predicted octanol–water partition coefficient (Wildman–Crippen LogP) is 3.25.